The second-order valence-corrected chi connectivity index (χ2v) is 3.99. The van der Waals surface area contributed by atoms with Crippen molar-refractivity contribution in [2.45, 2.75) is 20.3 Å². The second-order valence-electron chi connectivity index (χ2n) is 3.99. The lowest BCUT2D eigenvalue weighted by Gasteiger charge is -2.13. The molecule has 1 amide bonds. The van der Waals surface area contributed by atoms with Crippen molar-refractivity contribution in [1.82, 2.24) is 5.32 Å². The molecule has 0 aliphatic carbocycles. The van der Waals surface area contributed by atoms with Crippen LogP contribution < -0.4 is 20.5 Å². The Morgan fingerprint density at radius 3 is 2.68 bits per heavy atom. The van der Waals surface area contributed by atoms with E-state index in [0.717, 1.165) is 12.0 Å². The van der Waals surface area contributed by atoms with Gasteiger partial charge in [-0.25, -0.2) is 0 Å². The molecule has 0 heterocycles. The van der Waals surface area contributed by atoms with E-state index in [1.807, 2.05) is 32.0 Å². The summed E-state index contributed by atoms with van der Waals surface area (Å²) < 4.78 is 11.0. The Morgan fingerprint density at radius 2 is 2.05 bits per heavy atom. The predicted molar refractivity (Wildman–Crippen MR) is 74.5 cm³/mol. The number of hydrogen-bond donors (Lipinski definition) is 2. The summed E-state index contributed by atoms with van der Waals surface area (Å²) in [6.45, 7) is 5.49. The zero-order chi connectivity index (χ0) is 14.1. The zero-order valence-corrected chi connectivity index (χ0v) is 11.6. The van der Waals surface area contributed by atoms with E-state index in [0.29, 0.717) is 31.2 Å². The molecule has 106 valence electrons. The van der Waals surface area contributed by atoms with Crippen molar-refractivity contribution < 1.29 is 14.3 Å². The second kappa shape index (κ2) is 8.37. The average molecular weight is 266 g/mol. The van der Waals surface area contributed by atoms with Gasteiger partial charge in [-0.3, -0.25) is 4.79 Å². The summed E-state index contributed by atoms with van der Waals surface area (Å²) in [5.74, 6) is 1.09. The number of benzene rings is 1. The van der Waals surface area contributed by atoms with Crippen LogP contribution in [0.1, 0.15) is 19.4 Å². The molecule has 1 aromatic rings. The average Bonchev–Trinajstić information content (AvgIpc) is 2.39. The summed E-state index contributed by atoms with van der Waals surface area (Å²) in [6, 6.07) is 5.65. The van der Waals surface area contributed by atoms with Gasteiger partial charge in [0.15, 0.2) is 18.1 Å². The normalized spacial score (nSPS) is 10.1. The smallest absolute Gasteiger partial charge is 0.257 e. The van der Waals surface area contributed by atoms with Crippen LogP contribution in [0.4, 0.5) is 0 Å². The molecule has 0 aromatic heterocycles. The number of amides is 1. The van der Waals surface area contributed by atoms with Gasteiger partial charge in [0.05, 0.1) is 6.61 Å². The molecule has 1 rings (SSSR count). The maximum atomic E-state index is 11.4. The van der Waals surface area contributed by atoms with E-state index in [9.17, 15) is 4.79 Å². The molecule has 0 fully saturated rings. The molecule has 1 aromatic carbocycles. The van der Waals surface area contributed by atoms with Crippen molar-refractivity contribution in [2.75, 3.05) is 26.3 Å². The van der Waals surface area contributed by atoms with Gasteiger partial charge in [0.25, 0.3) is 5.91 Å². The quantitative estimate of drug-likeness (QED) is 0.739. The van der Waals surface area contributed by atoms with Crippen molar-refractivity contribution in [3.8, 4) is 11.5 Å². The fourth-order valence-electron chi connectivity index (χ4n) is 1.65. The lowest BCUT2D eigenvalue weighted by Crippen LogP contribution is -2.28. The minimum atomic E-state index is -0.143. The van der Waals surface area contributed by atoms with E-state index in [-0.39, 0.29) is 12.5 Å². The van der Waals surface area contributed by atoms with E-state index in [1.54, 1.807) is 0 Å². The lowest BCUT2D eigenvalue weighted by atomic mass is 10.1. The van der Waals surface area contributed by atoms with Crippen LogP contribution in [0.15, 0.2) is 18.2 Å². The monoisotopic (exact) mass is 266 g/mol. The Morgan fingerprint density at radius 1 is 1.26 bits per heavy atom. The first kappa shape index (κ1) is 15.3. The van der Waals surface area contributed by atoms with E-state index >= 15 is 0 Å². The number of carbonyl (C=O) groups is 1. The van der Waals surface area contributed by atoms with Crippen LogP contribution in [0.25, 0.3) is 0 Å². The zero-order valence-electron chi connectivity index (χ0n) is 11.6. The third-order valence-electron chi connectivity index (χ3n) is 2.47. The first-order chi connectivity index (χ1) is 9.21. The predicted octanol–water partition coefficient (Wildman–Crippen LogP) is 1.10. The molecule has 0 aliphatic rings. The van der Waals surface area contributed by atoms with Crippen LogP contribution in [0.3, 0.4) is 0 Å². The molecule has 0 spiro atoms. The van der Waals surface area contributed by atoms with Gasteiger partial charge in [0, 0.05) is 6.54 Å². The van der Waals surface area contributed by atoms with Gasteiger partial charge in [-0.2, -0.15) is 0 Å². The van der Waals surface area contributed by atoms with E-state index in [2.05, 4.69) is 5.32 Å². The summed E-state index contributed by atoms with van der Waals surface area (Å²) in [5.41, 5.74) is 6.62. The Labute approximate surface area is 114 Å². The van der Waals surface area contributed by atoms with E-state index in [1.165, 1.54) is 0 Å². The molecule has 0 radical (unpaired) electrons. The standard InChI is InChI=1S/C14H22N2O3/c1-3-16-14(17)10-19-12-6-5-11(7-8-15)9-13(12)18-4-2/h5-6,9H,3-4,7-8,10,15H2,1-2H3,(H,16,17). The van der Waals surface area contributed by atoms with Crippen LogP contribution in [-0.2, 0) is 11.2 Å². The van der Waals surface area contributed by atoms with Gasteiger partial charge < -0.3 is 20.5 Å². The third-order valence-corrected chi connectivity index (χ3v) is 2.47. The first-order valence-corrected chi connectivity index (χ1v) is 6.56. The van der Waals surface area contributed by atoms with Crippen LogP contribution in [0.2, 0.25) is 0 Å². The topological polar surface area (TPSA) is 73.6 Å². The highest BCUT2D eigenvalue weighted by Gasteiger charge is 2.08. The number of nitrogens with two attached hydrogens (primary N) is 1. The van der Waals surface area contributed by atoms with Gasteiger partial charge in [0.2, 0.25) is 0 Å². The number of hydrogen-bond acceptors (Lipinski definition) is 4. The summed E-state index contributed by atoms with van der Waals surface area (Å²) in [7, 11) is 0. The van der Waals surface area contributed by atoms with Gasteiger partial charge in [0.1, 0.15) is 0 Å². The Kier molecular flexibility index (Phi) is 6.74. The molecule has 0 atom stereocenters. The van der Waals surface area contributed by atoms with E-state index < -0.39 is 0 Å². The van der Waals surface area contributed by atoms with Gasteiger partial charge in [-0.05, 0) is 44.5 Å². The summed E-state index contributed by atoms with van der Waals surface area (Å²) >= 11 is 0. The largest absolute Gasteiger partial charge is 0.490 e. The molecule has 5 heteroatoms. The van der Waals surface area contributed by atoms with Crippen LogP contribution >= 0.6 is 0 Å². The van der Waals surface area contributed by atoms with Crippen molar-refractivity contribution in [2.24, 2.45) is 5.73 Å². The Hall–Kier alpha value is -1.75. The molecule has 5 nitrogen and oxygen atoms in total. The minimum absolute atomic E-state index is 0.00977. The first-order valence-electron chi connectivity index (χ1n) is 6.56. The molecule has 0 saturated heterocycles. The van der Waals surface area contributed by atoms with Crippen molar-refractivity contribution in [3.05, 3.63) is 23.8 Å². The van der Waals surface area contributed by atoms with Crippen LogP contribution in [-0.4, -0.2) is 32.2 Å². The summed E-state index contributed by atoms with van der Waals surface area (Å²) in [6.07, 6.45) is 0.788. The maximum absolute atomic E-state index is 11.4. The fraction of sp³-hybridized carbons (Fsp3) is 0.500. The molecule has 0 saturated carbocycles. The van der Waals surface area contributed by atoms with Gasteiger partial charge in [-0.15, -0.1) is 0 Å². The van der Waals surface area contributed by atoms with Crippen LogP contribution in [0.5, 0.6) is 11.5 Å². The molecule has 0 bridgehead atoms. The van der Waals surface area contributed by atoms with Gasteiger partial charge >= 0.3 is 0 Å². The fourth-order valence-corrected chi connectivity index (χ4v) is 1.65. The molecule has 0 unspecified atom stereocenters. The number of carbonyl (C=O) groups excluding carboxylic acids is 1. The maximum Gasteiger partial charge on any atom is 0.257 e. The Bertz CT molecular complexity index is 408. The molecule has 3 N–H and O–H groups in total. The summed E-state index contributed by atoms with van der Waals surface area (Å²) in [5, 5.41) is 2.68. The number of nitrogens with one attached hydrogen (secondary N) is 1. The van der Waals surface area contributed by atoms with Crippen molar-refractivity contribution in [1.29, 1.82) is 0 Å². The molecule has 19 heavy (non-hydrogen) atoms. The highest BCUT2D eigenvalue weighted by molar-refractivity contribution is 5.77. The number of likely N-dealkylation sites (N-methyl/N-ethyl adjacent to an activating group) is 1. The Balaban J connectivity index is 2.72. The highest BCUT2D eigenvalue weighted by Crippen LogP contribution is 2.28. The van der Waals surface area contributed by atoms with Crippen molar-refractivity contribution >= 4 is 5.91 Å². The SMILES string of the molecule is CCNC(=O)COc1ccc(CCN)cc1OCC. The molecular formula is C14H22N2O3. The van der Waals surface area contributed by atoms with E-state index in [4.69, 9.17) is 15.2 Å². The lowest BCUT2D eigenvalue weighted by molar-refractivity contribution is -0.123. The number of rotatable bonds is 8. The minimum Gasteiger partial charge on any atom is -0.490 e. The van der Waals surface area contributed by atoms with Crippen LogP contribution in [0, 0.1) is 0 Å². The third kappa shape index (κ3) is 5.18. The van der Waals surface area contributed by atoms with Crippen molar-refractivity contribution in [3.63, 3.8) is 0 Å². The highest BCUT2D eigenvalue weighted by atomic mass is 16.5. The molecule has 0 aliphatic heterocycles. The number of ether oxygens (including phenoxy) is 2. The summed E-state index contributed by atoms with van der Waals surface area (Å²) in [4.78, 5) is 11.4. The molecular weight excluding hydrogens is 244 g/mol. The van der Waals surface area contributed by atoms with Gasteiger partial charge in [-0.1, -0.05) is 6.07 Å².